The van der Waals surface area contributed by atoms with Gasteiger partial charge in [0.2, 0.25) is 0 Å². The Morgan fingerprint density at radius 2 is 1.76 bits per heavy atom. The van der Waals surface area contributed by atoms with Gasteiger partial charge in [0.15, 0.2) is 0 Å². The third-order valence-corrected chi connectivity index (χ3v) is 3.64. The predicted octanol–water partition coefficient (Wildman–Crippen LogP) is 3.70. The smallest absolute Gasteiger partial charge is 0.251 e. The van der Waals surface area contributed by atoms with Crippen LogP contribution in [-0.2, 0) is 0 Å². The number of hydrogen-bond donors (Lipinski definition) is 2. The van der Waals surface area contributed by atoms with Gasteiger partial charge in [0.1, 0.15) is 0 Å². The van der Waals surface area contributed by atoms with Gasteiger partial charge in [-0.25, -0.2) is 0 Å². The van der Waals surface area contributed by atoms with Crippen LogP contribution >= 0.6 is 0 Å². The summed E-state index contributed by atoms with van der Waals surface area (Å²) in [5.41, 5.74) is 9.18. The first-order chi connectivity index (χ1) is 9.99. The lowest BCUT2D eigenvalue weighted by Crippen LogP contribution is -2.31. The van der Waals surface area contributed by atoms with E-state index in [-0.39, 0.29) is 11.9 Å². The van der Waals surface area contributed by atoms with E-state index < -0.39 is 0 Å². The molecule has 0 radical (unpaired) electrons. The predicted molar refractivity (Wildman–Crippen MR) is 87.1 cm³/mol. The van der Waals surface area contributed by atoms with Crippen LogP contribution < -0.4 is 11.1 Å². The van der Waals surface area contributed by atoms with Gasteiger partial charge in [-0.3, -0.25) is 4.79 Å². The topological polar surface area (TPSA) is 55.1 Å². The van der Waals surface area contributed by atoms with Gasteiger partial charge in [0.25, 0.3) is 5.91 Å². The third kappa shape index (κ3) is 3.63. The summed E-state index contributed by atoms with van der Waals surface area (Å²) in [6.45, 7) is 6.11. The molecule has 0 aliphatic carbocycles. The fourth-order valence-electron chi connectivity index (χ4n) is 2.34. The first kappa shape index (κ1) is 15.1. The normalized spacial score (nSPS) is 12.2. The van der Waals surface area contributed by atoms with Gasteiger partial charge in [-0.05, 0) is 42.2 Å². The molecule has 2 aromatic carbocycles. The van der Waals surface area contributed by atoms with Crippen LogP contribution in [0.1, 0.15) is 41.4 Å². The summed E-state index contributed by atoms with van der Waals surface area (Å²) in [5, 5.41) is 3.12. The molecule has 0 heterocycles. The summed E-state index contributed by atoms with van der Waals surface area (Å²) >= 11 is 0. The van der Waals surface area contributed by atoms with E-state index in [1.807, 2.05) is 43.3 Å². The fourth-order valence-corrected chi connectivity index (χ4v) is 2.34. The number of nitrogens with two attached hydrogens (primary N) is 1. The quantitative estimate of drug-likeness (QED) is 0.840. The number of carbonyl (C=O) groups excluding carboxylic acids is 1. The van der Waals surface area contributed by atoms with Crippen LogP contribution in [0.15, 0.2) is 48.5 Å². The minimum absolute atomic E-state index is 0.00319. The molecule has 0 saturated heterocycles. The molecule has 0 saturated carbocycles. The minimum Gasteiger partial charge on any atom is -0.399 e. The Morgan fingerprint density at radius 3 is 2.33 bits per heavy atom. The highest BCUT2D eigenvalue weighted by Gasteiger charge is 2.19. The Hall–Kier alpha value is -2.29. The van der Waals surface area contributed by atoms with Gasteiger partial charge >= 0.3 is 0 Å². The maximum atomic E-state index is 12.4. The number of aryl methyl sites for hydroxylation is 1. The van der Waals surface area contributed by atoms with Crippen molar-refractivity contribution in [1.82, 2.24) is 5.32 Å². The van der Waals surface area contributed by atoms with E-state index >= 15 is 0 Å². The molecule has 3 nitrogen and oxygen atoms in total. The number of carbonyl (C=O) groups is 1. The molecule has 1 unspecified atom stereocenters. The standard InChI is InChI=1S/C18H22N2O/c1-12(2)17(14-7-5-4-6-8-14)20-18(21)15-9-10-16(19)13(3)11-15/h4-12,17H,19H2,1-3H3,(H,20,21). The second-order valence-corrected chi connectivity index (χ2v) is 5.68. The molecule has 1 amide bonds. The highest BCUT2D eigenvalue weighted by atomic mass is 16.1. The number of nitrogen functional groups attached to an aromatic ring is 1. The lowest BCUT2D eigenvalue weighted by Gasteiger charge is -2.23. The molecule has 0 aromatic heterocycles. The summed E-state index contributed by atoms with van der Waals surface area (Å²) in [4.78, 5) is 12.4. The molecule has 21 heavy (non-hydrogen) atoms. The summed E-state index contributed by atoms with van der Waals surface area (Å²) < 4.78 is 0. The van der Waals surface area contributed by atoms with E-state index in [9.17, 15) is 4.79 Å². The maximum absolute atomic E-state index is 12.4. The van der Waals surface area contributed by atoms with Crippen molar-refractivity contribution >= 4 is 11.6 Å². The zero-order chi connectivity index (χ0) is 15.4. The van der Waals surface area contributed by atoms with Gasteiger partial charge in [-0.1, -0.05) is 44.2 Å². The molecule has 2 rings (SSSR count). The van der Waals surface area contributed by atoms with Gasteiger partial charge in [0, 0.05) is 11.3 Å². The molecule has 2 aromatic rings. The number of rotatable bonds is 4. The van der Waals surface area contributed by atoms with E-state index in [0.717, 1.165) is 11.1 Å². The molecule has 0 bridgehead atoms. The average Bonchev–Trinajstić information content (AvgIpc) is 2.48. The summed E-state index contributed by atoms with van der Waals surface area (Å²) in [5.74, 6) is 0.242. The highest BCUT2D eigenvalue weighted by molar-refractivity contribution is 5.95. The second-order valence-electron chi connectivity index (χ2n) is 5.68. The van der Waals surface area contributed by atoms with Gasteiger partial charge < -0.3 is 11.1 Å². The van der Waals surface area contributed by atoms with E-state index in [1.54, 1.807) is 12.1 Å². The monoisotopic (exact) mass is 282 g/mol. The van der Waals surface area contributed by atoms with Crippen molar-refractivity contribution in [1.29, 1.82) is 0 Å². The molecule has 0 aliphatic heterocycles. The minimum atomic E-state index is -0.0688. The van der Waals surface area contributed by atoms with E-state index in [1.165, 1.54) is 0 Å². The van der Waals surface area contributed by atoms with Crippen molar-refractivity contribution in [3.05, 3.63) is 65.2 Å². The highest BCUT2D eigenvalue weighted by Crippen LogP contribution is 2.22. The Balaban J connectivity index is 2.21. The van der Waals surface area contributed by atoms with Crippen molar-refractivity contribution in [3.8, 4) is 0 Å². The zero-order valence-corrected chi connectivity index (χ0v) is 12.8. The first-order valence-electron chi connectivity index (χ1n) is 7.21. The van der Waals surface area contributed by atoms with Gasteiger partial charge in [-0.2, -0.15) is 0 Å². The molecule has 3 heteroatoms. The van der Waals surface area contributed by atoms with Gasteiger partial charge in [-0.15, -0.1) is 0 Å². The van der Waals surface area contributed by atoms with Crippen molar-refractivity contribution in [2.24, 2.45) is 5.92 Å². The van der Waals surface area contributed by atoms with Crippen LogP contribution in [0.2, 0.25) is 0 Å². The number of nitrogens with one attached hydrogen (secondary N) is 1. The SMILES string of the molecule is Cc1cc(C(=O)NC(c2ccccc2)C(C)C)ccc1N. The Kier molecular flexibility index (Phi) is 4.63. The molecular weight excluding hydrogens is 260 g/mol. The number of benzene rings is 2. The molecule has 1 atom stereocenters. The Labute approximate surface area is 126 Å². The molecular formula is C18H22N2O. The van der Waals surface area contributed by atoms with E-state index in [4.69, 9.17) is 5.73 Å². The van der Waals surface area contributed by atoms with Crippen LogP contribution in [0.5, 0.6) is 0 Å². The van der Waals surface area contributed by atoms with Crippen LogP contribution in [0, 0.1) is 12.8 Å². The molecule has 0 fully saturated rings. The number of hydrogen-bond acceptors (Lipinski definition) is 2. The number of amides is 1. The summed E-state index contributed by atoms with van der Waals surface area (Å²) in [6, 6.07) is 15.4. The Morgan fingerprint density at radius 1 is 1.10 bits per heavy atom. The molecule has 0 spiro atoms. The zero-order valence-electron chi connectivity index (χ0n) is 12.8. The Bertz CT molecular complexity index is 620. The van der Waals surface area contributed by atoms with Crippen molar-refractivity contribution in [2.75, 3.05) is 5.73 Å². The van der Waals surface area contributed by atoms with Crippen LogP contribution in [0.25, 0.3) is 0 Å². The fraction of sp³-hybridized carbons (Fsp3) is 0.278. The van der Waals surface area contributed by atoms with E-state index in [2.05, 4.69) is 19.2 Å². The van der Waals surface area contributed by atoms with Crippen LogP contribution in [0.4, 0.5) is 5.69 Å². The largest absolute Gasteiger partial charge is 0.399 e. The van der Waals surface area contributed by atoms with Crippen LogP contribution in [0.3, 0.4) is 0 Å². The van der Waals surface area contributed by atoms with E-state index in [0.29, 0.717) is 17.2 Å². The van der Waals surface area contributed by atoms with Crippen molar-refractivity contribution in [2.45, 2.75) is 26.8 Å². The maximum Gasteiger partial charge on any atom is 0.251 e. The molecule has 110 valence electrons. The number of anilines is 1. The molecule has 3 N–H and O–H groups in total. The third-order valence-electron chi connectivity index (χ3n) is 3.64. The average molecular weight is 282 g/mol. The van der Waals surface area contributed by atoms with Crippen LogP contribution in [-0.4, -0.2) is 5.91 Å². The lowest BCUT2D eigenvalue weighted by atomic mass is 9.95. The lowest BCUT2D eigenvalue weighted by molar-refractivity contribution is 0.0925. The summed E-state index contributed by atoms with van der Waals surface area (Å²) in [7, 11) is 0. The van der Waals surface area contributed by atoms with Crippen molar-refractivity contribution in [3.63, 3.8) is 0 Å². The molecule has 0 aliphatic rings. The summed E-state index contributed by atoms with van der Waals surface area (Å²) in [6.07, 6.45) is 0. The first-order valence-corrected chi connectivity index (χ1v) is 7.21. The van der Waals surface area contributed by atoms with Crippen molar-refractivity contribution < 1.29 is 4.79 Å². The van der Waals surface area contributed by atoms with Gasteiger partial charge in [0.05, 0.1) is 6.04 Å². The second kappa shape index (κ2) is 6.44.